The summed E-state index contributed by atoms with van der Waals surface area (Å²) in [5.41, 5.74) is 8.89. The van der Waals surface area contributed by atoms with Gasteiger partial charge in [-0.15, -0.1) is 0 Å². The first-order valence-electron chi connectivity index (χ1n) is 11.7. The van der Waals surface area contributed by atoms with E-state index in [0.717, 1.165) is 24.2 Å². The second kappa shape index (κ2) is 7.23. The molecule has 160 valence electrons. The van der Waals surface area contributed by atoms with E-state index in [1.165, 1.54) is 44.0 Å². The Morgan fingerprint density at radius 1 is 0.647 bits per heavy atom. The number of fused-ring (bicyclic) bond motifs is 6. The first-order chi connectivity index (χ1) is 16.8. The van der Waals surface area contributed by atoms with Crippen molar-refractivity contribution in [1.82, 2.24) is 9.13 Å². The summed E-state index contributed by atoms with van der Waals surface area (Å²) < 4.78 is 4.73. The Hall–Kier alpha value is -4.55. The van der Waals surface area contributed by atoms with Crippen LogP contribution >= 0.6 is 0 Å². The maximum absolute atomic E-state index is 9.80. The van der Waals surface area contributed by atoms with Crippen LogP contribution in [-0.2, 0) is 6.42 Å². The lowest BCUT2D eigenvalue weighted by Crippen LogP contribution is -2.08. The van der Waals surface area contributed by atoms with Crippen LogP contribution in [0.2, 0.25) is 0 Å². The molecule has 1 aliphatic rings. The van der Waals surface area contributed by atoms with Crippen molar-refractivity contribution in [3.05, 3.63) is 114 Å². The molecule has 0 saturated carbocycles. The maximum Gasteiger partial charge on any atom is 0.0992 e. The van der Waals surface area contributed by atoms with Crippen LogP contribution in [0.4, 0.5) is 0 Å². The highest BCUT2D eigenvalue weighted by molar-refractivity contribution is 6.09. The number of nitrogens with zero attached hydrogens (tertiary/aromatic N) is 3. The summed E-state index contributed by atoms with van der Waals surface area (Å²) in [4.78, 5) is 0. The molecule has 0 saturated heterocycles. The summed E-state index contributed by atoms with van der Waals surface area (Å²) in [6.45, 7) is 0. The average molecular weight is 436 g/mol. The van der Waals surface area contributed by atoms with Crippen LogP contribution in [0, 0.1) is 11.3 Å². The standard InChI is InChI=1S/C31H21N3/c32-20-21-17-18-30(33-26-13-5-1-9-22(26)23-10-2-6-14-27(23)33)31(19-21)34-28-15-7-3-11-24(28)25-12-4-8-16-29(25)34/h1-7,9-15,17-19H,8,16H2. The Morgan fingerprint density at radius 2 is 1.26 bits per heavy atom. The fourth-order valence-electron chi connectivity index (χ4n) is 5.59. The fraction of sp³-hybridized carbons (Fsp3) is 0.0645. The van der Waals surface area contributed by atoms with E-state index >= 15 is 0 Å². The van der Waals surface area contributed by atoms with E-state index < -0.39 is 0 Å². The Bertz CT molecular complexity index is 1770. The summed E-state index contributed by atoms with van der Waals surface area (Å²) in [7, 11) is 0. The van der Waals surface area contributed by atoms with Gasteiger partial charge in [-0.25, -0.2) is 0 Å². The zero-order valence-corrected chi connectivity index (χ0v) is 18.6. The van der Waals surface area contributed by atoms with Crippen molar-refractivity contribution in [3.8, 4) is 17.4 Å². The minimum absolute atomic E-state index is 0.664. The third-order valence-electron chi connectivity index (χ3n) is 7.01. The van der Waals surface area contributed by atoms with Crippen molar-refractivity contribution in [1.29, 1.82) is 5.26 Å². The van der Waals surface area contributed by atoms with E-state index in [0.29, 0.717) is 5.56 Å². The number of benzene rings is 4. The van der Waals surface area contributed by atoms with Gasteiger partial charge in [-0.05, 0) is 49.2 Å². The molecule has 3 nitrogen and oxygen atoms in total. The van der Waals surface area contributed by atoms with Gasteiger partial charge in [-0.3, -0.25) is 0 Å². The zero-order chi connectivity index (χ0) is 22.6. The van der Waals surface area contributed by atoms with Crippen LogP contribution in [-0.4, -0.2) is 9.13 Å². The average Bonchev–Trinajstić information content (AvgIpc) is 3.41. The molecule has 0 amide bonds. The molecule has 3 heteroatoms. The van der Waals surface area contributed by atoms with E-state index in [-0.39, 0.29) is 0 Å². The second-order valence-corrected chi connectivity index (χ2v) is 8.84. The second-order valence-electron chi connectivity index (χ2n) is 8.84. The van der Waals surface area contributed by atoms with Crippen LogP contribution in [0.5, 0.6) is 0 Å². The lowest BCUT2D eigenvalue weighted by atomic mass is 10.0. The molecular weight excluding hydrogens is 414 g/mol. The molecule has 0 fully saturated rings. The highest BCUT2D eigenvalue weighted by Gasteiger charge is 2.22. The van der Waals surface area contributed by atoms with Crippen molar-refractivity contribution in [3.63, 3.8) is 0 Å². The summed E-state index contributed by atoms with van der Waals surface area (Å²) in [5.74, 6) is 0. The van der Waals surface area contributed by atoms with Crippen molar-refractivity contribution in [2.24, 2.45) is 0 Å². The molecule has 0 atom stereocenters. The monoisotopic (exact) mass is 435 g/mol. The fourth-order valence-corrected chi connectivity index (χ4v) is 5.59. The number of allylic oxidation sites excluding steroid dienone is 1. The molecule has 0 aliphatic heterocycles. The van der Waals surface area contributed by atoms with E-state index in [1.54, 1.807) is 0 Å². The molecule has 34 heavy (non-hydrogen) atoms. The predicted molar refractivity (Wildman–Crippen MR) is 140 cm³/mol. The number of aromatic nitrogens is 2. The smallest absolute Gasteiger partial charge is 0.0992 e. The number of hydrogen-bond acceptors (Lipinski definition) is 1. The molecule has 0 bridgehead atoms. The minimum Gasteiger partial charge on any atom is -0.311 e. The lowest BCUT2D eigenvalue weighted by molar-refractivity contribution is 0.883. The Morgan fingerprint density at radius 3 is 1.94 bits per heavy atom. The predicted octanol–water partition coefficient (Wildman–Crippen LogP) is 7.56. The van der Waals surface area contributed by atoms with Gasteiger partial charge in [-0.2, -0.15) is 5.26 Å². The lowest BCUT2D eigenvalue weighted by Gasteiger charge is -2.19. The normalized spacial score (nSPS) is 12.9. The van der Waals surface area contributed by atoms with Crippen LogP contribution in [0.1, 0.15) is 23.2 Å². The van der Waals surface area contributed by atoms with Crippen LogP contribution < -0.4 is 0 Å². The summed E-state index contributed by atoms with van der Waals surface area (Å²) in [6.07, 6.45) is 6.51. The number of para-hydroxylation sites is 3. The molecule has 7 rings (SSSR count). The van der Waals surface area contributed by atoms with Crippen molar-refractivity contribution in [2.75, 3.05) is 0 Å². The van der Waals surface area contributed by atoms with Gasteiger partial charge in [0.25, 0.3) is 0 Å². The van der Waals surface area contributed by atoms with E-state index in [4.69, 9.17) is 0 Å². The number of hydrogen-bond donors (Lipinski definition) is 0. The minimum atomic E-state index is 0.664. The Labute approximate surface area is 197 Å². The van der Waals surface area contributed by atoms with E-state index in [9.17, 15) is 5.26 Å². The highest BCUT2D eigenvalue weighted by atomic mass is 15.1. The SMILES string of the molecule is N#Cc1ccc(-n2c3ccccc3c3ccccc32)c(-n2c3c(c4ccccc42)C=CCC3)c1. The van der Waals surface area contributed by atoms with Gasteiger partial charge >= 0.3 is 0 Å². The van der Waals surface area contributed by atoms with Gasteiger partial charge in [0.1, 0.15) is 0 Å². The molecule has 1 aliphatic carbocycles. The number of rotatable bonds is 2. The largest absolute Gasteiger partial charge is 0.311 e. The summed E-state index contributed by atoms with van der Waals surface area (Å²) in [5, 5.41) is 13.5. The zero-order valence-electron chi connectivity index (χ0n) is 18.6. The molecule has 0 radical (unpaired) electrons. The van der Waals surface area contributed by atoms with Gasteiger partial charge < -0.3 is 9.13 Å². The highest BCUT2D eigenvalue weighted by Crippen LogP contribution is 2.38. The quantitative estimate of drug-likeness (QED) is 0.276. The Balaban J connectivity index is 1.65. The first-order valence-corrected chi connectivity index (χ1v) is 11.7. The van der Waals surface area contributed by atoms with Gasteiger partial charge in [0.2, 0.25) is 0 Å². The van der Waals surface area contributed by atoms with Crippen molar-refractivity contribution in [2.45, 2.75) is 12.8 Å². The van der Waals surface area contributed by atoms with Gasteiger partial charge in [0.15, 0.2) is 0 Å². The summed E-state index contributed by atoms with van der Waals surface area (Å²) in [6, 6.07) is 34.2. The topological polar surface area (TPSA) is 33.6 Å². The van der Waals surface area contributed by atoms with Crippen LogP contribution in [0.25, 0.3) is 50.2 Å². The molecule has 0 spiro atoms. The van der Waals surface area contributed by atoms with Gasteiger partial charge in [0, 0.05) is 27.4 Å². The number of nitriles is 1. The van der Waals surface area contributed by atoms with Crippen molar-refractivity contribution >= 4 is 38.8 Å². The van der Waals surface area contributed by atoms with E-state index in [1.807, 2.05) is 12.1 Å². The Kier molecular flexibility index (Phi) is 4.03. The molecule has 2 heterocycles. The molecule has 0 unspecified atom stereocenters. The van der Waals surface area contributed by atoms with Gasteiger partial charge in [-0.1, -0.05) is 66.7 Å². The third-order valence-corrected chi connectivity index (χ3v) is 7.01. The molecule has 6 aromatic rings. The molecule has 4 aromatic carbocycles. The van der Waals surface area contributed by atoms with Gasteiger partial charge in [0.05, 0.1) is 39.6 Å². The van der Waals surface area contributed by atoms with Crippen molar-refractivity contribution < 1.29 is 0 Å². The first kappa shape index (κ1) is 19.0. The molecule has 2 aromatic heterocycles. The van der Waals surface area contributed by atoms with Crippen LogP contribution in [0.15, 0.2) is 97.1 Å². The van der Waals surface area contributed by atoms with Crippen LogP contribution in [0.3, 0.4) is 0 Å². The molecular formula is C31H21N3. The maximum atomic E-state index is 9.80. The molecule has 0 N–H and O–H groups in total. The van der Waals surface area contributed by atoms with E-state index in [2.05, 4.69) is 106 Å². The third kappa shape index (κ3) is 2.57. The summed E-state index contributed by atoms with van der Waals surface area (Å²) >= 11 is 0.